The number of carbonyl (C=O) groups excluding carboxylic acids is 2. The smallest absolute Gasteiger partial charge is 0.231 e. The van der Waals surface area contributed by atoms with E-state index < -0.39 is 24.5 Å². The van der Waals surface area contributed by atoms with Crippen LogP contribution in [0.2, 0.25) is 0 Å². The molecule has 1 fully saturated rings. The van der Waals surface area contributed by atoms with Crippen molar-refractivity contribution in [3.05, 3.63) is 40.5 Å². The molecule has 2 atom stereocenters. The average Bonchev–Trinajstić information content (AvgIpc) is 2.44. The molecule has 0 heterocycles. The largest absolute Gasteiger partial charge is 0.371 e. The SMILES string of the molecule is Cc1cccc2c1CC1CC(OCO)C(=O)C(=O)C1=C2. The molecule has 0 radical (unpaired) electrons. The monoisotopic (exact) mass is 272 g/mol. The van der Waals surface area contributed by atoms with Crippen LogP contribution in [0.3, 0.4) is 0 Å². The fourth-order valence-corrected chi connectivity index (χ4v) is 3.13. The van der Waals surface area contributed by atoms with Crippen molar-refractivity contribution in [2.75, 3.05) is 6.79 Å². The number of aliphatic hydroxyl groups excluding tert-OH is 1. The molecule has 2 aliphatic carbocycles. The molecule has 0 aromatic heterocycles. The van der Waals surface area contributed by atoms with Crippen molar-refractivity contribution >= 4 is 17.6 Å². The summed E-state index contributed by atoms with van der Waals surface area (Å²) in [4.78, 5) is 24.1. The molecule has 1 aromatic rings. The van der Waals surface area contributed by atoms with Gasteiger partial charge in [0.2, 0.25) is 11.6 Å². The van der Waals surface area contributed by atoms with Crippen molar-refractivity contribution in [3.63, 3.8) is 0 Å². The predicted octanol–water partition coefficient (Wildman–Crippen LogP) is 1.43. The molecule has 4 heteroatoms. The van der Waals surface area contributed by atoms with Crippen molar-refractivity contribution in [1.29, 1.82) is 0 Å². The fraction of sp³-hybridized carbons (Fsp3) is 0.375. The highest BCUT2D eigenvalue weighted by molar-refractivity contribution is 6.46. The van der Waals surface area contributed by atoms with E-state index >= 15 is 0 Å². The summed E-state index contributed by atoms with van der Waals surface area (Å²) in [5, 5.41) is 8.82. The second-order valence-corrected chi connectivity index (χ2v) is 5.36. The first-order valence-electron chi connectivity index (χ1n) is 6.73. The lowest BCUT2D eigenvalue weighted by molar-refractivity contribution is -0.150. The van der Waals surface area contributed by atoms with E-state index in [9.17, 15) is 9.59 Å². The van der Waals surface area contributed by atoms with Crippen LogP contribution in [-0.4, -0.2) is 29.6 Å². The van der Waals surface area contributed by atoms with Crippen molar-refractivity contribution in [2.24, 2.45) is 5.92 Å². The van der Waals surface area contributed by atoms with E-state index in [1.165, 1.54) is 11.1 Å². The molecule has 0 amide bonds. The Bertz CT molecular complexity index is 615. The van der Waals surface area contributed by atoms with Crippen LogP contribution in [0.25, 0.3) is 6.08 Å². The molecular formula is C16H16O4. The Hall–Kier alpha value is -1.78. The number of aliphatic hydroxyl groups is 1. The summed E-state index contributed by atoms with van der Waals surface area (Å²) in [7, 11) is 0. The van der Waals surface area contributed by atoms with Gasteiger partial charge in [0.25, 0.3) is 0 Å². The van der Waals surface area contributed by atoms with E-state index in [1.54, 1.807) is 0 Å². The number of ketones is 2. The molecule has 2 aliphatic rings. The van der Waals surface area contributed by atoms with Crippen molar-refractivity contribution < 1.29 is 19.4 Å². The second kappa shape index (κ2) is 4.96. The third-order valence-electron chi connectivity index (χ3n) is 4.20. The third-order valence-corrected chi connectivity index (χ3v) is 4.20. The zero-order chi connectivity index (χ0) is 14.3. The van der Waals surface area contributed by atoms with E-state index in [4.69, 9.17) is 9.84 Å². The van der Waals surface area contributed by atoms with E-state index in [0.717, 1.165) is 12.0 Å². The molecule has 20 heavy (non-hydrogen) atoms. The van der Waals surface area contributed by atoms with Crippen LogP contribution in [0.4, 0.5) is 0 Å². The summed E-state index contributed by atoms with van der Waals surface area (Å²) >= 11 is 0. The second-order valence-electron chi connectivity index (χ2n) is 5.36. The van der Waals surface area contributed by atoms with Crippen LogP contribution in [0.5, 0.6) is 0 Å². The Morgan fingerprint density at radius 3 is 2.90 bits per heavy atom. The summed E-state index contributed by atoms with van der Waals surface area (Å²) in [5.74, 6) is -1.00. The number of ether oxygens (including phenoxy) is 1. The van der Waals surface area contributed by atoms with Crippen LogP contribution in [0.1, 0.15) is 23.1 Å². The number of aryl methyl sites for hydroxylation is 1. The zero-order valence-electron chi connectivity index (χ0n) is 11.3. The first kappa shape index (κ1) is 13.2. The lowest BCUT2D eigenvalue weighted by Gasteiger charge is -2.32. The Morgan fingerprint density at radius 2 is 2.15 bits per heavy atom. The Labute approximate surface area is 117 Å². The number of allylic oxidation sites excluding steroid dienone is 1. The number of carbonyl (C=O) groups is 2. The maximum atomic E-state index is 12.2. The quantitative estimate of drug-likeness (QED) is 0.653. The molecule has 2 unspecified atom stereocenters. The number of fused-ring (bicyclic) bond motifs is 2. The Balaban J connectivity index is 2.00. The topological polar surface area (TPSA) is 63.6 Å². The molecule has 0 bridgehead atoms. The number of hydrogen-bond acceptors (Lipinski definition) is 4. The summed E-state index contributed by atoms with van der Waals surface area (Å²) in [6.45, 7) is 1.51. The minimum atomic E-state index is -0.805. The lowest BCUT2D eigenvalue weighted by atomic mass is 9.72. The predicted molar refractivity (Wildman–Crippen MR) is 72.9 cm³/mol. The fourth-order valence-electron chi connectivity index (χ4n) is 3.13. The van der Waals surface area contributed by atoms with Crippen LogP contribution in [0.15, 0.2) is 23.8 Å². The molecule has 1 aromatic carbocycles. The molecule has 0 spiro atoms. The molecule has 0 aliphatic heterocycles. The first-order chi connectivity index (χ1) is 9.61. The molecule has 1 saturated carbocycles. The van der Waals surface area contributed by atoms with Gasteiger partial charge in [-0.25, -0.2) is 0 Å². The molecule has 4 nitrogen and oxygen atoms in total. The number of Topliss-reactive ketones (excluding diaryl/α,β-unsaturated/α-hetero) is 2. The van der Waals surface area contributed by atoms with Gasteiger partial charge in [-0.15, -0.1) is 0 Å². The summed E-state index contributed by atoms with van der Waals surface area (Å²) in [5.41, 5.74) is 4.04. The lowest BCUT2D eigenvalue weighted by Crippen LogP contribution is -2.42. The van der Waals surface area contributed by atoms with Gasteiger partial charge < -0.3 is 9.84 Å². The van der Waals surface area contributed by atoms with Gasteiger partial charge in [-0.3, -0.25) is 9.59 Å². The molecule has 3 rings (SSSR count). The maximum absolute atomic E-state index is 12.2. The molecule has 104 valence electrons. The normalized spacial score (nSPS) is 25.0. The summed E-state index contributed by atoms with van der Waals surface area (Å²) in [6.07, 6.45) is 2.25. The van der Waals surface area contributed by atoms with Crippen LogP contribution < -0.4 is 0 Å². The van der Waals surface area contributed by atoms with E-state index in [2.05, 4.69) is 13.0 Å². The number of hydrogen-bond donors (Lipinski definition) is 1. The van der Waals surface area contributed by atoms with E-state index in [-0.39, 0.29) is 5.92 Å². The molecular weight excluding hydrogens is 256 g/mol. The van der Waals surface area contributed by atoms with Gasteiger partial charge in [0, 0.05) is 5.57 Å². The van der Waals surface area contributed by atoms with E-state index in [1.807, 2.05) is 18.2 Å². The van der Waals surface area contributed by atoms with Crippen LogP contribution in [0, 0.1) is 12.8 Å². The van der Waals surface area contributed by atoms with Gasteiger partial charge in [0.15, 0.2) is 0 Å². The number of rotatable bonds is 2. The van der Waals surface area contributed by atoms with Gasteiger partial charge in [-0.1, -0.05) is 18.2 Å². The van der Waals surface area contributed by atoms with Gasteiger partial charge in [-0.2, -0.15) is 0 Å². The summed E-state index contributed by atoms with van der Waals surface area (Å²) in [6, 6.07) is 5.98. The van der Waals surface area contributed by atoms with Gasteiger partial charge in [-0.05, 0) is 48.4 Å². The minimum absolute atomic E-state index is 0.00495. The summed E-state index contributed by atoms with van der Waals surface area (Å²) < 4.78 is 4.99. The van der Waals surface area contributed by atoms with Crippen LogP contribution in [-0.2, 0) is 20.7 Å². The molecule has 1 N–H and O–H groups in total. The number of benzene rings is 1. The third kappa shape index (κ3) is 2.01. The van der Waals surface area contributed by atoms with E-state index in [0.29, 0.717) is 12.0 Å². The highest BCUT2D eigenvalue weighted by Crippen LogP contribution is 2.37. The minimum Gasteiger partial charge on any atom is -0.371 e. The zero-order valence-corrected chi connectivity index (χ0v) is 11.3. The Morgan fingerprint density at radius 1 is 1.35 bits per heavy atom. The molecule has 0 saturated heterocycles. The van der Waals surface area contributed by atoms with Gasteiger partial charge >= 0.3 is 0 Å². The van der Waals surface area contributed by atoms with Crippen molar-refractivity contribution in [1.82, 2.24) is 0 Å². The average molecular weight is 272 g/mol. The standard InChI is InChI=1S/C16H16O4/c1-9-3-2-4-10-5-13-11(6-12(9)10)7-14(20-8-17)16(19)15(13)18/h2-5,11,14,17H,6-8H2,1H3. The van der Waals surface area contributed by atoms with Gasteiger partial charge in [0.05, 0.1) is 0 Å². The highest BCUT2D eigenvalue weighted by atomic mass is 16.6. The maximum Gasteiger partial charge on any atom is 0.231 e. The van der Waals surface area contributed by atoms with Crippen LogP contribution >= 0.6 is 0 Å². The van der Waals surface area contributed by atoms with Crippen molar-refractivity contribution in [3.8, 4) is 0 Å². The Kier molecular flexibility index (Phi) is 3.28. The van der Waals surface area contributed by atoms with Crippen molar-refractivity contribution in [2.45, 2.75) is 25.9 Å². The highest BCUT2D eigenvalue weighted by Gasteiger charge is 2.41. The van der Waals surface area contributed by atoms with Gasteiger partial charge in [0.1, 0.15) is 12.9 Å². The first-order valence-corrected chi connectivity index (χ1v) is 6.73.